The number of pyridine rings is 1. The largest absolute Gasteiger partial charge is 0.398 e. The van der Waals surface area contributed by atoms with Crippen molar-refractivity contribution in [3.63, 3.8) is 0 Å². The zero-order valence-corrected chi connectivity index (χ0v) is 16.8. The van der Waals surface area contributed by atoms with Gasteiger partial charge in [0.2, 0.25) is 0 Å². The predicted molar refractivity (Wildman–Crippen MR) is 112 cm³/mol. The molecule has 142 valence electrons. The van der Waals surface area contributed by atoms with Crippen molar-refractivity contribution in [2.24, 2.45) is 0 Å². The third kappa shape index (κ3) is 3.78. The predicted octanol–water partition coefficient (Wildman–Crippen LogP) is 4.03. The molecule has 3 aromatic rings. The van der Waals surface area contributed by atoms with Crippen molar-refractivity contribution < 1.29 is 0 Å². The van der Waals surface area contributed by atoms with Gasteiger partial charge in [0.15, 0.2) is 0 Å². The molecule has 0 aliphatic carbocycles. The molecule has 0 amide bonds. The molecular weight excluding hydrogens is 381 g/mol. The highest BCUT2D eigenvalue weighted by Gasteiger charge is 2.22. The van der Waals surface area contributed by atoms with Crippen LogP contribution in [-0.2, 0) is 6.54 Å². The maximum absolute atomic E-state index is 6.50. The summed E-state index contributed by atoms with van der Waals surface area (Å²) in [7, 11) is 0. The lowest BCUT2D eigenvalue weighted by Gasteiger charge is -2.34. The number of nitrogen functional groups attached to an aromatic ring is 1. The van der Waals surface area contributed by atoms with Crippen molar-refractivity contribution in [2.45, 2.75) is 13.5 Å². The number of benzene rings is 1. The number of nitrogens with two attached hydrogens (primary N) is 1. The van der Waals surface area contributed by atoms with E-state index in [1.54, 1.807) is 6.07 Å². The first-order chi connectivity index (χ1) is 13.0. The first-order valence-electron chi connectivity index (χ1n) is 9.21. The van der Waals surface area contributed by atoms with Crippen LogP contribution in [0.1, 0.15) is 12.6 Å². The van der Waals surface area contributed by atoms with E-state index < -0.39 is 0 Å². The number of halogens is 2. The van der Waals surface area contributed by atoms with Crippen LogP contribution in [0.25, 0.3) is 16.9 Å². The van der Waals surface area contributed by atoms with Gasteiger partial charge in [0.05, 0.1) is 16.4 Å². The summed E-state index contributed by atoms with van der Waals surface area (Å²) in [6.07, 6.45) is 1.94. The summed E-state index contributed by atoms with van der Waals surface area (Å²) in [5.74, 6) is 0. The Labute approximate surface area is 169 Å². The summed E-state index contributed by atoms with van der Waals surface area (Å²) < 4.78 is 2.09. The van der Waals surface area contributed by atoms with Crippen molar-refractivity contribution in [3.8, 4) is 11.3 Å². The Balaban J connectivity index is 1.76. The molecule has 0 atom stereocenters. The minimum atomic E-state index is 0.607. The van der Waals surface area contributed by atoms with Crippen LogP contribution in [0, 0.1) is 0 Å². The van der Waals surface area contributed by atoms with E-state index >= 15 is 0 Å². The third-order valence-corrected chi connectivity index (χ3v) is 5.76. The number of nitrogens with zero attached hydrogens (tertiary/aromatic N) is 4. The quantitative estimate of drug-likeness (QED) is 0.714. The molecule has 5 nitrogen and oxygen atoms in total. The lowest BCUT2D eigenvalue weighted by molar-refractivity contribution is 0.131. The Morgan fingerprint density at radius 3 is 2.48 bits per heavy atom. The second-order valence-electron chi connectivity index (χ2n) is 6.93. The van der Waals surface area contributed by atoms with E-state index in [1.165, 1.54) is 0 Å². The lowest BCUT2D eigenvalue weighted by atomic mass is 10.1. The summed E-state index contributed by atoms with van der Waals surface area (Å²) in [5, 5.41) is 1.23. The number of anilines is 1. The number of imidazole rings is 1. The summed E-state index contributed by atoms with van der Waals surface area (Å²) in [6.45, 7) is 8.37. The maximum Gasteiger partial charge on any atom is 0.137 e. The topological polar surface area (TPSA) is 49.8 Å². The molecule has 1 aliphatic rings. The van der Waals surface area contributed by atoms with E-state index in [-0.39, 0.29) is 0 Å². The molecule has 0 unspecified atom stereocenters. The molecule has 0 radical (unpaired) electrons. The van der Waals surface area contributed by atoms with Gasteiger partial charge in [-0.1, -0.05) is 30.1 Å². The first-order valence-corrected chi connectivity index (χ1v) is 9.97. The Morgan fingerprint density at radius 2 is 1.78 bits per heavy atom. The molecule has 4 rings (SSSR count). The van der Waals surface area contributed by atoms with E-state index in [2.05, 4.69) is 21.1 Å². The van der Waals surface area contributed by atoms with Crippen LogP contribution in [0.15, 0.2) is 36.5 Å². The van der Waals surface area contributed by atoms with Gasteiger partial charge in [-0.3, -0.25) is 4.90 Å². The summed E-state index contributed by atoms with van der Waals surface area (Å²) in [6, 6.07) is 9.38. The molecule has 1 fully saturated rings. The van der Waals surface area contributed by atoms with Gasteiger partial charge in [0.1, 0.15) is 5.65 Å². The molecule has 0 saturated carbocycles. The monoisotopic (exact) mass is 403 g/mol. The van der Waals surface area contributed by atoms with Crippen LogP contribution in [-0.4, -0.2) is 51.9 Å². The molecule has 27 heavy (non-hydrogen) atoms. The maximum atomic E-state index is 6.50. The van der Waals surface area contributed by atoms with Gasteiger partial charge in [-0.05, 0) is 36.9 Å². The number of aromatic nitrogens is 2. The zero-order chi connectivity index (χ0) is 19.0. The van der Waals surface area contributed by atoms with E-state index in [0.717, 1.165) is 61.9 Å². The van der Waals surface area contributed by atoms with Crippen LogP contribution in [0.3, 0.4) is 0 Å². The van der Waals surface area contributed by atoms with Crippen molar-refractivity contribution in [1.29, 1.82) is 0 Å². The van der Waals surface area contributed by atoms with E-state index in [4.69, 9.17) is 33.9 Å². The number of piperazine rings is 1. The molecular formula is C20H23Cl2N5. The second-order valence-corrected chi connectivity index (χ2v) is 7.78. The SMILES string of the molecule is CCN1CCN(Cc2c(-c3ccc(Cl)cc3Cl)nc3ccc(N)cn23)CC1. The van der Waals surface area contributed by atoms with Crippen molar-refractivity contribution >= 4 is 34.5 Å². The average molecular weight is 404 g/mol. The number of hydrogen-bond donors (Lipinski definition) is 1. The van der Waals surface area contributed by atoms with Gasteiger partial charge in [-0.2, -0.15) is 0 Å². The number of rotatable bonds is 4. The van der Waals surface area contributed by atoms with Crippen LogP contribution in [0.4, 0.5) is 5.69 Å². The minimum Gasteiger partial charge on any atom is -0.398 e. The smallest absolute Gasteiger partial charge is 0.137 e. The zero-order valence-electron chi connectivity index (χ0n) is 15.3. The molecule has 2 N–H and O–H groups in total. The number of fused-ring (bicyclic) bond motifs is 1. The number of hydrogen-bond acceptors (Lipinski definition) is 4. The van der Waals surface area contributed by atoms with Crippen molar-refractivity contribution in [1.82, 2.24) is 19.2 Å². The van der Waals surface area contributed by atoms with Gasteiger partial charge in [0, 0.05) is 55.2 Å². The highest BCUT2D eigenvalue weighted by molar-refractivity contribution is 6.36. The Hall–Kier alpha value is -1.79. The highest BCUT2D eigenvalue weighted by Crippen LogP contribution is 2.33. The van der Waals surface area contributed by atoms with E-state index in [0.29, 0.717) is 15.7 Å². The fourth-order valence-corrected chi connectivity index (χ4v) is 4.13. The lowest BCUT2D eigenvalue weighted by Crippen LogP contribution is -2.45. The summed E-state index contributed by atoms with van der Waals surface area (Å²) >= 11 is 12.6. The third-order valence-electron chi connectivity index (χ3n) is 5.21. The van der Waals surface area contributed by atoms with Gasteiger partial charge in [-0.15, -0.1) is 0 Å². The van der Waals surface area contributed by atoms with E-state index in [1.807, 2.05) is 30.5 Å². The van der Waals surface area contributed by atoms with Crippen LogP contribution in [0.2, 0.25) is 10.0 Å². The van der Waals surface area contributed by atoms with Crippen LogP contribution >= 0.6 is 23.2 Å². The molecule has 1 aliphatic heterocycles. The van der Waals surface area contributed by atoms with Gasteiger partial charge in [0.25, 0.3) is 0 Å². The van der Waals surface area contributed by atoms with Gasteiger partial charge in [-0.25, -0.2) is 4.98 Å². The molecule has 7 heteroatoms. The first kappa shape index (κ1) is 18.6. The summed E-state index contributed by atoms with van der Waals surface area (Å²) in [4.78, 5) is 9.79. The fourth-order valence-electron chi connectivity index (χ4n) is 3.63. The van der Waals surface area contributed by atoms with Crippen molar-refractivity contribution in [3.05, 3.63) is 52.3 Å². The van der Waals surface area contributed by atoms with E-state index in [9.17, 15) is 0 Å². The molecule has 2 aromatic heterocycles. The van der Waals surface area contributed by atoms with Gasteiger partial charge < -0.3 is 15.0 Å². The Bertz CT molecular complexity index is 960. The molecule has 1 saturated heterocycles. The standard InChI is InChI=1S/C20H23Cl2N5/c1-2-25-7-9-26(10-8-25)13-18-20(16-5-3-14(21)11-17(16)22)24-19-6-4-15(23)12-27(18)19/h3-6,11-12H,2,7-10,13,23H2,1H3. The van der Waals surface area contributed by atoms with Crippen LogP contribution < -0.4 is 5.73 Å². The van der Waals surface area contributed by atoms with Gasteiger partial charge >= 0.3 is 0 Å². The normalized spacial score (nSPS) is 16.3. The minimum absolute atomic E-state index is 0.607. The molecule has 3 heterocycles. The second kappa shape index (κ2) is 7.68. The fraction of sp³-hybridized carbons (Fsp3) is 0.350. The molecule has 1 aromatic carbocycles. The number of likely N-dealkylation sites (N-methyl/N-ethyl adjacent to an activating group) is 1. The Morgan fingerprint density at radius 1 is 1.04 bits per heavy atom. The summed E-state index contributed by atoms with van der Waals surface area (Å²) in [5.41, 5.74) is 10.5. The average Bonchev–Trinajstić information content (AvgIpc) is 3.00. The molecule has 0 bridgehead atoms. The highest BCUT2D eigenvalue weighted by atomic mass is 35.5. The van der Waals surface area contributed by atoms with Crippen molar-refractivity contribution in [2.75, 3.05) is 38.5 Å². The molecule has 0 spiro atoms. The Kier molecular flexibility index (Phi) is 5.28. The van der Waals surface area contributed by atoms with Crippen LogP contribution in [0.5, 0.6) is 0 Å².